The first-order chi connectivity index (χ1) is 6.60. The minimum atomic E-state index is -0.656. The molecule has 4 heteroatoms. The second-order valence-electron chi connectivity index (χ2n) is 5.32. The van der Waals surface area contributed by atoms with E-state index in [9.17, 15) is 4.79 Å². The quantitative estimate of drug-likeness (QED) is 0.708. The summed E-state index contributed by atoms with van der Waals surface area (Å²) in [5, 5.41) is 3.02. The lowest BCUT2D eigenvalue weighted by Gasteiger charge is -2.33. The fraction of sp³-hybridized carbons (Fsp3) is 0.909. The molecule has 0 bridgehead atoms. The number of rotatable bonds is 4. The molecule has 90 valence electrons. The van der Waals surface area contributed by atoms with Gasteiger partial charge in [0, 0.05) is 6.54 Å². The molecule has 0 radical (unpaired) electrons. The average Bonchev–Trinajstić information content (AvgIpc) is 1.99. The first-order valence-corrected chi connectivity index (χ1v) is 5.18. The van der Waals surface area contributed by atoms with Crippen molar-refractivity contribution in [3.8, 4) is 0 Å². The molecule has 1 N–H and O–H groups in total. The van der Waals surface area contributed by atoms with Crippen LogP contribution in [0.5, 0.6) is 0 Å². The number of carbonyl (C=O) groups excluding carboxylic acids is 1. The number of ether oxygens (including phenoxy) is 1. The molecular weight excluding hydrogens is 192 g/mol. The van der Waals surface area contributed by atoms with Crippen LogP contribution in [0.4, 0.5) is 0 Å². The van der Waals surface area contributed by atoms with Crippen molar-refractivity contribution in [2.45, 2.75) is 38.8 Å². The Morgan fingerprint density at radius 3 is 2.00 bits per heavy atom. The van der Waals surface area contributed by atoms with Crippen LogP contribution in [0.1, 0.15) is 27.7 Å². The van der Waals surface area contributed by atoms with Crippen molar-refractivity contribution < 1.29 is 9.53 Å². The van der Waals surface area contributed by atoms with E-state index in [0.717, 1.165) is 0 Å². The van der Waals surface area contributed by atoms with Gasteiger partial charge in [-0.05, 0) is 48.8 Å². The first-order valence-electron chi connectivity index (χ1n) is 5.18. The Labute approximate surface area is 93.0 Å². The first kappa shape index (κ1) is 14.4. The van der Waals surface area contributed by atoms with Crippen LogP contribution < -0.4 is 5.32 Å². The van der Waals surface area contributed by atoms with Crippen LogP contribution >= 0.6 is 0 Å². The summed E-state index contributed by atoms with van der Waals surface area (Å²) in [5.74, 6) is -0.216. The van der Waals surface area contributed by atoms with E-state index in [2.05, 4.69) is 5.32 Å². The normalized spacial score (nSPS) is 16.3. The zero-order chi connectivity index (χ0) is 12.3. The highest BCUT2D eigenvalue weighted by atomic mass is 16.6. The van der Waals surface area contributed by atoms with Gasteiger partial charge in [-0.1, -0.05) is 0 Å². The Morgan fingerprint density at radius 1 is 1.27 bits per heavy atom. The molecule has 0 heterocycles. The fourth-order valence-electron chi connectivity index (χ4n) is 1.27. The highest BCUT2D eigenvalue weighted by Crippen LogP contribution is 2.14. The Bertz CT molecular complexity index is 221. The molecule has 0 spiro atoms. The van der Waals surface area contributed by atoms with Gasteiger partial charge in [-0.25, -0.2) is 4.79 Å². The molecule has 0 saturated heterocycles. The van der Waals surface area contributed by atoms with Gasteiger partial charge in [0.25, 0.3) is 0 Å². The van der Waals surface area contributed by atoms with Crippen LogP contribution in [-0.2, 0) is 9.53 Å². The van der Waals surface area contributed by atoms with Crippen molar-refractivity contribution in [1.82, 2.24) is 10.2 Å². The molecule has 0 rings (SSSR count). The van der Waals surface area contributed by atoms with Crippen molar-refractivity contribution in [2.24, 2.45) is 0 Å². The molecule has 0 aliphatic carbocycles. The summed E-state index contributed by atoms with van der Waals surface area (Å²) in [6.07, 6.45) is 0. The summed E-state index contributed by atoms with van der Waals surface area (Å²) in [6, 6.07) is 0. The molecule has 0 fully saturated rings. The second-order valence-corrected chi connectivity index (χ2v) is 5.32. The number of nitrogens with one attached hydrogen (secondary N) is 1. The van der Waals surface area contributed by atoms with E-state index in [1.54, 1.807) is 7.05 Å². The van der Waals surface area contributed by atoms with E-state index < -0.39 is 11.1 Å². The lowest BCUT2D eigenvalue weighted by molar-refractivity contribution is -0.162. The lowest BCUT2D eigenvalue weighted by Crippen LogP contribution is -2.56. The van der Waals surface area contributed by atoms with Gasteiger partial charge in [-0.2, -0.15) is 0 Å². The predicted molar refractivity (Wildman–Crippen MR) is 61.9 cm³/mol. The average molecular weight is 216 g/mol. The van der Waals surface area contributed by atoms with E-state index in [4.69, 9.17) is 4.74 Å². The number of likely N-dealkylation sites (N-methyl/N-ethyl adjacent to an activating group) is 2. The largest absolute Gasteiger partial charge is 0.459 e. The molecule has 0 saturated carbocycles. The van der Waals surface area contributed by atoms with Crippen LogP contribution in [0.25, 0.3) is 0 Å². The van der Waals surface area contributed by atoms with Crippen molar-refractivity contribution in [3.63, 3.8) is 0 Å². The maximum atomic E-state index is 11.9. The molecule has 0 aromatic rings. The second kappa shape index (κ2) is 4.94. The van der Waals surface area contributed by atoms with E-state index >= 15 is 0 Å². The zero-order valence-electron chi connectivity index (χ0n) is 11.0. The van der Waals surface area contributed by atoms with Crippen LogP contribution in [-0.4, -0.2) is 49.7 Å². The third-order valence-electron chi connectivity index (χ3n) is 2.03. The molecule has 0 aliphatic heterocycles. The number of nitrogens with zero attached hydrogens (tertiary/aromatic N) is 1. The van der Waals surface area contributed by atoms with Gasteiger partial charge in [-0.3, -0.25) is 0 Å². The SMILES string of the molecule is CNC(C)(CN(C)C)C(=O)OC(C)(C)C. The smallest absolute Gasteiger partial charge is 0.327 e. The molecule has 4 nitrogen and oxygen atoms in total. The van der Waals surface area contributed by atoms with Gasteiger partial charge >= 0.3 is 5.97 Å². The number of hydrogen-bond acceptors (Lipinski definition) is 4. The molecule has 1 unspecified atom stereocenters. The maximum absolute atomic E-state index is 11.9. The van der Waals surface area contributed by atoms with E-state index in [0.29, 0.717) is 6.54 Å². The minimum Gasteiger partial charge on any atom is -0.459 e. The predicted octanol–water partition coefficient (Wildman–Crippen LogP) is 0.868. The third kappa shape index (κ3) is 5.14. The Balaban J connectivity index is 4.59. The third-order valence-corrected chi connectivity index (χ3v) is 2.03. The molecular formula is C11H24N2O2. The topological polar surface area (TPSA) is 41.6 Å². The van der Waals surface area contributed by atoms with Gasteiger partial charge in [0.1, 0.15) is 11.1 Å². The highest BCUT2D eigenvalue weighted by molar-refractivity contribution is 5.81. The number of esters is 1. The molecule has 0 aromatic carbocycles. The zero-order valence-corrected chi connectivity index (χ0v) is 11.0. The van der Waals surface area contributed by atoms with E-state index in [-0.39, 0.29) is 5.97 Å². The summed E-state index contributed by atoms with van der Waals surface area (Å²) in [4.78, 5) is 13.9. The van der Waals surface area contributed by atoms with E-state index in [1.165, 1.54) is 0 Å². The standard InChI is InChI=1S/C11H24N2O2/c1-10(2,3)15-9(14)11(4,12-5)8-13(6)7/h12H,8H2,1-7H3. The van der Waals surface area contributed by atoms with Gasteiger partial charge in [0.15, 0.2) is 0 Å². The maximum Gasteiger partial charge on any atom is 0.327 e. The van der Waals surface area contributed by atoms with Gasteiger partial charge in [0.05, 0.1) is 0 Å². The van der Waals surface area contributed by atoms with Crippen LogP contribution in [0.15, 0.2) is 0 Å². The van der Waals surface area contributed by atoms with Crippen LogP contribution in [0.3, 0.4) is 0 Å². The molecule has 0 aromatic heterocycles. The summed E-state index contributed by atoms with van der Waals surface area (Å²) in [6.45, 7) is 8.07. The molecule has 0 amide bonds. The minimum absolute atomic E-state index is 0.216. The van der Waals surface area contributed by atoms with Gasteiger partial charge in [-0.15, -0.1) is 0 Å². The summed E-state index contributed by atoms with van der Waals surface area (Å²) >= 11 is 0. The monoisotopic (exact) mass is 216 g/mol. The van der Waals surface area contributed by atoms with Crippen LogP contribution in [0.2, 0.25) is 0 Å². The Kier molecular flexibility index (Phi) is 4.74. The fourth-order valence-corrected chi connectivity index (χ4v) is 1.27. The highest BCUT2D eigenvalue weighted by Gasteiger charge is 2.36. The molecule has 0 aliphatic rings. The van der Waals surface area contributed by atoms with Crippen molar-refractivity contribution in [3.05, 3.63) is 0 Å². The Morgan fingerprint density at radius 2 is 1.73 bits per heavy atom. The van der Waals surface area contributed by atoms with Gasteiger partial charge in [0.2, 0.25) is 0 Å². The summed E-state index contributed by atoms with van der Waals surface area (Å²) < 4.78 is 5.37. The van der Waals surface area contributed by atoms with Gasteiger partial charge < -0.3 is 15.0 Å². The number of hydrogen-bond donors (Lipinski definition) is 1. The van der Waals surface area contributed by atoms with Crippen molar-refractivity contribution >= 4 is 5.97 Å². The Hall–Kier alpha value is -0.610. The van der Waals surface area contributed by atoms with Crippen molar-refractivity contribution in [1.29, 1.82) is 0 Å². The molecule has 1 atom stereocenters. The summed E-state index contributed by atoms with van der Waals surface area (Å²) in [7, 11) is 5.63. The molecule has 15 heavy (non-hydrogen) atoms. The van der Waals surface area contributed by atoms with E-state index in [1.807, 2.05) is 46.7 Å². The summed E-state index contributed by atoms with van der Waals surface area (Å²) in [5.41, 5.74) is -1.10. The lowest BCUT2D eigenvalue weighted by atomic mass is 10.0. The van der Waals surface area contributed by atoms with Crippen molar-refractivity contribution in [2.75, 3.05) is 27.7 Å². The van der Waals surface area contributed by atoms with Crippen LogP contribution in [0, 0.1) is 0 Å². The number of carbonyl (C=O) groups is 1.